The number of rotatable bonds is 20. The number of anilines is 1. The number of hydrogen-bond donors (Lipinski definition) is 4. The average molecular weight is 2150 g/mol. The van der Waals surface area contributed by atoms with E-state index in [1.165, 1.54) is 23.5 Å². The van der Waals surface area contributed by atoms with Gasteiger partial charge in [0.05, 0.1) is 109 Å². The Balaban J connectivity index is 0.000000242. The zero-order chi connectivity index (χ0) is 91.8. The van der Waals surface area contributed by atoms with Crippen molar-refractivity contribution >= 4 is 277 Å². The largest absolute Gasteiger partial charge is 1.00 e. The normalized spacial score (nSPS) is 10.9. The minimum Gasteiger partial charge on any atom is -0.870 e. The van der Waals surface area contributed by atoms with Crippen LogP contribution < -0.4 is 24.2 Å². The van der Waals surface area contributed by atoms with Gasteiger partial charge in [0.15, 0.2) is 0 Å². The molecule has 0 saturated heterocycles. The van der Waals surface area contributed by atoms with Crippen LogP contribution in [0, 0.1) is 0 Å². The van der Waals surface area contributed by atoms with Crippen LogP contribution in [0.1, 0.15) is 104 Å². The van der Waals surface area contributed by atoms with Gasteiger partial charge in [-0.25, -0.2) is 14.4 Å². The molecule has 131 heavy (non-hydrogen) atoms. The number of carboxylic acids is 1. The Morgan fingerprint density at radius 3 is 1.37 bits per heavy atom. The molecule has 1 amide bonds. The topological polar surface area (TPSA) is 299 Å². The molecule has 683 valence electrons. The molecule has 6 N–H and O–H groups in total. The number of carbonyl (C=O) groups is 4. The van der Waals surface area contributed by atoms with Gasteiger partial charge in [0.1, 0.15) is 20.6 Å². The van der Waals surface area contributed by atoms with Crippen LogP contribution in [0.5, 0.6) is 0 Å². The van der Waals surface area contributed by atoms with Gasteiger partial charge < -0.3 is 35.8 Å². The third-order valence-electron chi connectivity index (χ3n) is 17.9. The fraction of sp³-hybridized carbons (Fsp3) is 0.191. The summed E-state index contributed by atoms with van der Waals surface area (Å²) in [5, 5.41) is 35.8. The number of aromatic carboxylic acids is 1. The van der Waals surface area contributed by atoms with Crippen LogP contribution in [0.3, 0.4) is 0 Å². The fourth-order valence-electron chi connectivity index (χ4n) is 12.6. The number of thiol groups is 1. The molecule has 0 aliphatic carbocycles. The molecule has 17 rings (SSSR count). The van der Waals surface area contributed by atoms with Crippen molar-refractivity contribution in [3.05, 3.63) is 298 Å². The molecule has 0 bridgehead atoms. The van der Waals surface area contributed by atoms with Gasteiger partial charge in [-0.3, -0.25) is 41.8 Å². The molecular formula is C89H84BBrCl12LiN13O10PS3. The van der Waals surface area contributed by atoms with Gasteiger partial charge in [-0.1, -0.05) is 204 Å². The number of carboxylic acid groups (broad SMARTS) is 1. The maximum absolute atomic E-state index is 12.1. The Labute approximate surface area is 852 Å². The zero-order valence-electron chi connectivity index (χ0n) is 71.0. The second-order valence-corrected chi connectivity index (χ2v) is 41.3. The number of nitrogens with one attached hydrogen (secondary N) is 2. The Kier molecular flexibility index (Phi) is 46.5. The summed E-state index contributed by atoms with van der Waals surface area (Å²) in [6.45, 7) is 16.3. The summed E-state index contributed by atoms with van der Waals surface area (Å²) in [4.78, 5) is 52.6. The quantitative estimate of drug-likeness (QED) is 0.0239. The SMILES string of the molecule is CCCn1cc(-n2c(Cl)c(Sc3cccc(C(=O)O)c3)c3ccc(Cl)cc32)cn1.CCCn1cc(-n2c(Cl)c(Sc3cccc(C(=O)OCC)c3)c3ccc(Cl)cc32)cn1.CCCn1cc(-n2c(Cl)cc3ccc(Cl)cc32)cn1.CCCn1cc(Br)cn1.CCOC(=O)c1cccc(S)c1.Clc1ccc2cc(Cl)[nH]c2c1.O.O=C1Cc2ccc(Cl)cc2N1.O=P(Cl)(Cl)Cl.[B].[Li+].[OH-]. The summed E-state index contributed by atoms with van der Waals surface area (Å²) in [5.74, 6) is -1.56. The van der Waals surface area contributed by atoms with E-state index in [1.54, 1.807) is 87.0 Å². The maximum Gasteiger partial charge on any atom is 1.00 e. The van der Waals surface area contributed by atoms with Gasteiger partial charge in [0.2, 0.25) is 5.91 Å². The molecule has 1 aliphatic rings. The predicted octanol–water partition coefficient (Wildman–Crippen LogP) is 25.8. The molecule has 0 fully saturated rings. The van der Waals surface area contributed by atoms with Crippen molar-refractivity contribution in [3.8, 4) is 17.1 Å². The number of esters is 2. The number of carbonyl (C=O) groups excluding carboxylic acids is 3. The molecule has 0 atom stereocenters. The number of aryl methyl sites for hydroxylation is 4. The van der Waals surface area contributed by atoms with E-state index in [1.807, 2.05) is 185 Å². The summed E-state index contributed by atoms with van der Waals surface area (Å²) in [6.07, 6.45) is 19.7. The number of halogens is 13. The van der Waals surface area contributed by atoms with E-state index in [9.17, 15) is 28.8 Å². The molecule has 3 radical (unpaired) electrons. The third kappa shape index (κ3) is 32.6. The number of nitrogens with zero attached hydrogens (tertiary/aromatic N) is 11. The number of hydrogen-bond acceptors (Lipinski definition) is 15. The van der Waals surface area contributed by atoms with Crippen LogP contribution >= 0.6 is 195 Å². The number of aromatic amines is 1. The second kappa shape index (κ2) is 54.3. The minimum atomic E-state index is -3.22. The average Bonchev–Trinajstić information content (AvgIpc) is 1.59. The van der Waals surface area contributed by atoms with Gasteiger partial charge in [0.25, 0.3) is 0 Å². The van der Waals surface area contributed by atoms with Crippen molar-refractivity contribution in [1.82, 2.24) is 57.8 Å². The van der Waals surface area contributed by atoms with Crippen molar-refractivity contribution in [2.75, 3.05) is 18.5 Å². The zero-order valence-corrected chi connectivity index (χ0v) is 85.1. The minimum absolute atomic E-state index is 0. The molecule has 42 heteroatoms. The smallest absolute Gasteiger partial charge is 0.870 e. The van der Waals surface area contributed by atoms with Gasteiger partial charge in [-0.15, -0.1) is 12.6 Å². The third-order valence-corrected chi connectivity index (χ3v) is 23.4. The van der Waals surface area contributed by atoms with E-state index >= 15 is 0 Å². The van der Waals surface area contributed by atoms with Crippen molar-refractivity contribution in [3.63, 3.8) is 0 Å². The molecule has 0 saturated carbocycles. The number of ether oxygens (including phenoxy) is 2. The number of H-pyrrole nitrogens is 1. The summed E-state index contributed by atoms with van der Waals surface area (Å²) in [5.41, 5.74) is 9.58. The van der Waals surface area contributed by atoms with Gasteiger partial charge in [0, 0.05) is 132 Å². The first-order valence-electron chi connectivity index (χ1n) is 39.1. The van der Waals surface area contributed by atoms with E-state index in [4.69, 9.17) is 114 Å². The number of aromatic nitrogens is 12. The van der Waals surface area contributed by atoms with E-state index in [0.29, 0.717) is 71.5 Å². The van der Waals surface area contributed by atoms with Crippen LogP contribution in [-0.4, -0.2) is 119 Å². The fourth-order valence-corrected chi connectivity index (χ4v) is 17.4. The summed E-state index contributed by atoms with van der Waals surface area (Å²) in [7, 11) is 0. The molecule has 16 aromatic rings. The Morgan fingerprint density at radius 1 is 0.504 bits per heavy atom. The first kappa shape index (κ1) is 112. The Bertz CT molecular complexity index is 6580. The molecule has 8 aromatic carbocycles. The van der Waals surface area contributed by atoms with Crippen molar-refractivity contribution in [2.24, 2.45) is 0 Å². The van der Waals surface area contributed by atoms with Crippen LogP contribution in [0.2, 0.25) is 45.7 Å². The number of amides is 1. The van der Waals surface area contributed by atoms with Crippen molar-refractivity contribution in [2.45, 2.75) is 124 Å². The second-order valence-electron chi connectivity index (χ2n) is 27.4. The molecule has 0 spiro atoms. The molecule has 9 heterocycles. The van der Waals surface area contributed by atoms with Crippen LogP contribution in [0.4, 0.5) is 5.69 Å². The molecule has 8 aromatic heterocycles. The molecular weight excluding hydrogens is 2060 g/mol. The van der Waals surface area contributed by atoms with Crippen LogP contribution in [0.15, 0.2) is 254 Å². The summed E-state index contributed by atoms with van der Waals surface area (Å²) in [6, 6.07) is 53.1. The van der Waals surface area contributed by atoms with E-state index in [0.717, 1.165) is 158 Å². The molecule has 23 nitrogen and oxygen atoms in total. The predicted molar refractivity (Wildman–Crippen MR) is 541 cm³/mol. The number of fused-ring (bicyclic) bond motifs is 5. The van der Waals surface area contributed by atoms with Gasteiger partial charge >= 0.3 is 42.0 Å². The van der Waals surface area contributed by atoms with E-state index in [2.05, 4.69) is 121 Å². The van der Waals surface area contributed by atoms with E-state index in [-0.39, 0.29) is 61.6 Å². The Hall–Kier alpha value is -7.54. The molecule has 1 aliphatic heterocycles. The standard InChI is InChI=1S/C23H21Cl2N3O2S.C21H17Cl2N3O2S.C14H13Cl2N3.C9H10O2S.C8H5Cl2N.C8H6ClNO.C6H9BrN2.B.Cl3OP.Li.2H2O/c1-3-10-27-14-17(13-26-27)28-20-12-16(24)8-9-19(20)21(22(28)25)31-18-7-5-6-15(11-18)23(29)30-4-2;1-2-8-25-12-15(11-24-25)26-18-10-14(22)6-7-17(18)19(20(26)23)29-16-5-3-4-13(9-16)21(27)28;1-2-5-18-9-12(8-17-18)19-13-7-11(15)4-3-10(13)6-14(19)16;1-2-11-9(10)7-4-3-5-8(12)6-7;9-6-2-1-5-3-8(10)11-7(5)4-6;9-6-2-1-5-3-8(11)10-7(5)4-6;1-2-3-9-5-6(7)4-8-9;;1-5(2,3)4;;;/h5-9,11-14H,3-4,10H2,1-2H3;3-7,9-12H,2,8H2,1H3,(H,27,28);3-4,6-9H,2,5H2,1H3;3-6,12H,2H2,1H3;1-4,11H;1-2,4H,3H2,(H,10,11);4-5H,2-3H2,1H3;;;;2*1H2/q;;;;;;;;;+1;;/p-1. The summed E-state index contributed by atoms with van der Waals surface area (Å²) < 4.78 is 34.0. The van der Waals surface area contributed by atoms with Gasteiger partial charge in [-0.05, 0) is 222 Å². The maximum atomic E-state index is 12.1. The summed E-state index contributed by atoms with van der Waals surface area (Å²) >= 11 is 80.1. The van der Waals surface area contributed by atoms with E-state index < -0.39 is 11.2 Å². The van der Waals surface area contributed by atoms with Crippen LogP contribution in [0.25, 0.3) is 60.7 Å². The van der Waals surface area contributed by atoms with Gasteiger partial charge in [-0.2, -0.15) is 20.4 Å². The van der Waals surface area contributed by atoms with Crippen LogP contribution in [-0.2, 0) is 51.4 Å². The first-order valence-corrected chi connectivity index (χ1v) is 49.8. The first-order chi connectivity index (χ1) is 60.7. The van der Waals surface area contributed by atoms with Crippen molar-refractivity contribution < 1.29 is 68.1 Å². The monoisotopic (exact) mass is 2140 g/mol. The van der Waals surface area contributed by atoms with Crippen molar-refractivity contribution in [1.29, 1.82) is 0 Å². The molecule has 0 unspecified atom stereocenters. The Morgan fingerprint density at radius 2 is 0.908 bits per heavy atom. The number of benzene rings is 8.